The molecular weight excluding hydrogens is 490 g/mol. The molecule has 0 bridgehead atoms. The van der Waals surface area contributed by atoms with Crippen molar-refractivity contribution in [2.24, 2.45) is 7.05 Å². The summed E-state index contributed by atoms with van der Waals surface area (Å²) in [4.78, 5) is 21.7. The fraction of sp³-hybridized carbons (Fsp3) is 0.423. The highest BCUT2D eigenvalue weighted by Gasteiger charge is 2.42. The lowest BCUT2D eigenvalue weighted by molar-refractivity contribution is -0.137. The largest absolute Gasteiger partial charge is 0.484 e. The van der Waals surface area contributed by atoms with Crippen molar-refractivity contribution < 1.29 is 22.3 Å². The smallest absolute Gasteiger partial charge is 0.416 e. The van der Waals surface area contributed by atoms with E-state index in [0.29, 0.717) is 42.3 Å². The second-order valence-electron chi connectivity index (χ2n) is 9.54. The van der Waals surface area contributed by atoms with Gasteiger partial charge in [0.1, 0.15) is 35.4 Å². The Labute approximate surface area is 210 Å². The number of rotatable bonds is 3. The monoisotopic (exact) mass is 515 g/mol. The van der Waals surface area contributed by atoms with Gasteiger partial charge in [-0.05, 0) is 37.6 Å². The first kappa shape index (κ1) is 25.0. The maximum Gasteiger partial charge on any atom is 0.416 e. The van der Waals surface area contributed by atoms with Crippen LogP contribution in [0.5, 0.6) is 5.75 Å². The summed E-state index contributed by atoms with van der Waals surface area (Å²) >= 11 is 0. The third-order valence-electron chi connectivity index (χ3n) is 7.36. The van der Waals surface area contributed by atoms with Gasteiger partial charge in [-0.2, -0.15) is 18.4 Å². The van der Waals surface area contributed by atoms with Crippen molar-refractivity contribution in [3.63, 3.8) is 0 Å². The topological polar surface area (TPSA) is 74.4 Å². The quantitative estimate of drug-likeness (QED) is 0.482. The number of nitrogens with zero attached hydrogens (tertiary/aromatic N) is 5. The van der Waals surface area contributed by atoms with Crippen molar-refractivity contribution in [3.05, 3.63) is 63.3 Å². The molecule has 1 fully saturated rings. The zero-order valence-corrected chi connectivity index (χ0v) is 20.5. The van der Waals surface area contributed by atoms with Gasteiger partial charge in [0, 0.05) is 37.8 Å². The molecule has 0 aliphatic carbocycles. The Balaban J connectivity index is 1.53. The summed E-state index contributed by atoms with van der Waals surface area (Å²) in [5.74, 6) is -0.709. The molecule has 7 nitrogen and oxygen atoms in total. The number of hydrogen-bond acceptors (Lipinski definition) is 6. The van der Waals surface area contributed by atoms with Crippen LogP contribution in [0.15, 0.2) is 35.1 Å². The number of benzene rings is 1. The van der Waals surface area contributed by atoms with E-state index in [1.54, 1.807) is 19.2 Å². The molecule has 0 spiro atoms. The average Bonchev–Trinajstić information content (AvgIpc) is 2.87. The molecule has 5 rings (SSSR count). The third-order valence-corrected chi connectivity index (χ3v) is 7.36. The number of pyridine rings is 2. The van der Waals surface area contributed by atoms with E-state index >= 15 is 0 Å². The number of hydrogen-bond donors (Lipinski definition) is 0. The number of ether oxygens (including phenoxy) is 1. The first-order valence-electron chi connectivity index (χ1n) is 12.0. The number of anilines is 1. The van der Waals surface area contributed by atoms with Gasteiger partial charge in [-0.3, -0.25) is 9.69 Å². The van der Waals surface area contributed by atoms with Gasteiger partial charge in [-0.1, -0.05) is 13.0 Å². The van der Waals surface area contributed by atoms with Crippen molar-refractivity contribution in [2.45, 2.75) is 44.6 Å². The third kappa shape index (κ3) is 4.09. The van der Waals surface area contributed by atoms with E-state index in [0.717, 1.165) is 6.07 Å². The van der Waals surface area contributed by atoms with Gasteiger partial charge in [-0.25, -0.2) is 9.37 Å². The number of piperazine rings is 1. The first-order chi connectivity index (χ1) is 17.5. The van der Waals surface area contributed by atoms with Gasteiger partial charge in [-0.15, -0.1) is 0 Å². The van der Waals surface area contributed by atoms with Crippen molar-refractivity contribution in [1.82, 2.24) is 14.5 Å². The SMILES string of the molecule is CC[C@H](c1ccc(C(F)(F)F)cc1F)N1C[C@H]2COc3c(c4nc(C#N)ccc4n(C)c3=O)N2C[C@H]1C. The first-order valence-corrected chi connectivity index (χ1v) is 12.0. The summed E-state index contributed by atoms with van der Waals surface area (Å²) in [6, 6.07) is 7.19. The van der Waals surface area contributed by atoms with Gasteiger partial charge in [0.2, 0.25) is 5.75 Å². The van der Waals surface area contributed by atoms with Crippen molar-refractivity contribution >= 4 is 16.7 Å². The van der Waals surface area contributed by atoms with Gasteiger partial charge in [0.25, 0.3) is 5.56 Å². The van der Waals surface area contributed by atoms with E-state index in [1.807, 2.05) is 19.9 Å². The molecule has 194 valence electrons. The molecule has 1 saturated heterocycles. The normalized spacial score (nSPS) is 20.6. The summed E-state index contributed by atoms with van der Waals surface area (Å²) in [7, 11) is 1.62. The highest BCUT2D eigenvalue weighted by molar-refractivity contribution is 5.93. The Morgan fingerprint density at radius 3 is 2.65 bits per heavy atom. The lowest BCUT2D eigenvalue weighted by Crippen LogP contribution is -2.61. The molecule has 0 N–H and O–H groups in total. The fourth-order valence-electron chi connectivity index (χ4n) is 5.52. The lowest BCUT2D eigenvalue weighted by atomic mass is 9.95. The van der Waals surface area contributed by atoms with Crippen LogP contribution in [0, 0.1) is 17.1 Å². The average molecular weight is 516 g/mol. The van der Waals surface area contributed by atoms with Crippen LogP contribution in [0.1, 0.15) is 43.1 Å². The fourth-order valence-corrected chi connectivity index (χ4v) is 5.52. The minimum absolute atomic E-state index is 0.132. The Morgan fingerprint density at radius 2 is 2.00 bits per heavy atom. The van der Waals surface area contributed by atoms with Crippen LogP contribution in [-0.2, 0) is 13.2 Å². The maximum atomic E-state index is 14.9. The number of nitriles is 1. The van der Waals surface area contributed by atoms with Crippen LogP contribution in [0.4, 0.5) is 23.2 Å². The molecule has 1 aromatic carbocycles. The number of aryl methyl sites for hydroxylation is 1. The molecule has 0 amide bonds. The molecule has 37 heavy (non-hydrogen) atoms. The van der Waals surface area contributed by atoms with E-state index < -0.39 is 23.6 Å². The zero-order chi connectivity index (χ0) is 26.6. The van der Waals surface area contributed by atoms with Gasteiger partial charge in [0.05, 0.1) is 17.1 Å². The molecule has 2 aliphatic rings. The molecule has 0 saturated carbocycles. The molecule has 11 heteroatoms. The highest BCUT2D eigenvalue weighted by Crippen LogP contribution is 2.41. The van der Waals surface area contributed by atoms with Crippen LogP contribution in [0.2, 0.25) is 0 Å². The van der Waals surface area contributed by atoms with Crippen molar-refractivity contribution in [3.8, 4) is 11.8 Å². The molecule has 0 radical (unpaired) electrons. The zero-order valence-electron chi connectivity index (χ0n) is 20.5. The van der Waals surface area contributed by atoms with Crippen LogP contribution in [0.25, 0.3) is 11.0 Å². The molecule has 3 atom stereocenters. The number of halogens is 4. The minimum atomic E-state index is -4.62. The second-order valence-corrected chi connectivity index (χ2v) is 9.54. The predicted octanol–water partition coefficient (Wildman–Crippen LogP) is 4.39. The summed E-state index contributed by atoms with van der Waals surface area (Å²) in [6.07, 6.45) is -4.13. The van der Waals surface area contributed by atoms with Crippen molar-refractivity contribution in [2.75, 3.05) is 24.6 Å². The second kappa shape index (κ2) is 9.03. The summed E-state index contributed by atoms with van der Waals surface area (Å²) in [6.45, 7) is 4.95. The van der Waals surface area contributed by atoms with Gasteiger partial charge in [0.15, 0.2) is 0 Å². The number of fused-ring (bicyclic) bond motifs is 5. The molecule has 4 heterocycles. The standard InChI is InChI=1S/C26H25F4N5O2/c1-4-20(18-7-5-15(9-19(18)27)26(28,29)30)34-12-17-13-37-24-23(35(17)11-14(34)2)22-21(33(3)25(24)36)8-6-16(10-31)32-22/h5-9,14,17,20H,4,11-13H2,1-3H3/t14-,17+,20-/m1/s1. The number of aromatic nitrogens is 2. The van der Waals surface area contributed by atoms with E-state index in [9.17, 15) is 27.6 Å². The van der Waals surface area contributed by atoms with Gasteiger partial charge < -0.3 is 14.2 Å². The van der Waals surface area contributed by atoms with Crippen molar-refractivity contribution in [1.29, 1.82) is 5.26 Å². The Bertz CT molecular complexity index is 1480. The van der Waals surface area contributed by atoms with Crippen LogP contribution < -0.4 is 15.2 Å². The summed E-state index contributed by atoms with van der Waals surface area (Å²) in [5, 5.41) is 9.39. The molecule has 3 aromatic rings. The maximum absolute atomic E-state index is 14.9. The van der Waals surface area contributed by atoms with Gasteiger partial charge >= 0.3 is 6.18 Å². The Hall–Kier alpha value is -3.65. The Morgan fingerprint density at radius 1 is 1.24 bits per heavy atom. The molecule has 2 aromatic heterocycles. The van der Waals surface area contributed by atoms with Crippen LogP contribution in [0.3, 0.4) is 0 Å². The summed E-state index contributed by atoms with van der Waals surface area (Å²) < 4.78 is 61.5. The molecule has 0 unspecified atom stereocenters. The predicted molar refractivity (Wildman–Crippen MR) is 129 cm³/mol. The molecule has 2 aliphatic heterocycles. The minimum Gasteiger partial charge on any atom is -0.484 e. The lowest BCUT2D eigenvalue weighted by Gasteiger charge is -2.50. The van der Waals surface area contributed by atoms with E-state index in [-0.39, 0.29) is 41.3 Å². The van der Waals surface area contributed by atoms with E-state index in [1.165, 1.54) is 10.6 Å². The summed E-state index contributed by atoms with van der Waals surface area (Å²) in [5.41, 5.74) is 0.699. The highest BCUT2D eigenvalue weighted by atomic mass is 19.4. The van der Waals surface area contributed by atoms with Crippen LogP contribution >= 0.6 is 0 Å². The van der Waals surface area contributed by atoms with E-state index in [2.05, 4.69) is 14.8 Å². The van der Waals surface area contributed by atoms with E-state index in [4.69, 9.17) is 4.74 Å². The van der Waals surface area contributed by atoms with Crippen LogP contribution in [-0.4, -0.2) is 46.2 Å². The number of alkyl halides is 3. The molecular formula is C26H25F4N5O2. The Kier molecular flexibility index (Phi) is 6.10.